The number of aryl methyl sites for hydroxylation is 1. The Morgan fingerprint density at radius 3 is 2.86 bits per heavy atom. The lowest BCUT2D eigenvalue weighted by Crippen LogP contribution is -2.36. The van der Waals surface area contributed by atoms with Crippen molar-refractivity contribution < 1.29 is 9.18 Å². The first-order valence-electron chi connectivity index (χ1n) is 6.98. The lowest BCUT2D eigenvalue weighted by atomic mass is 9.97. The van der Waals surface area contributed by atoms with Crippen molar-refractivity contribution in [1.82, 2.24) is 4.90 Å². The Bertz CT molecular complexity index is 712. The van der Waals surface area contributed by atoms with E-state index >= 15 is 0 Å². The molecule has 0 saturated carbocycles. The zero-order valence-electron chi connectivity index (χ0n) is 11.9. The summed E-state index contributed by atoms with van der Waals surface area (Å²) in [6.07, 6.45) is 0.710. The molecule has 0 saturated heterocycles. The zero-order valence-corrected chi connectivity index (χ0v) is 11.9. The number of amides is 1. The summed E-state index contributed by atoms with van der Waals surface area (Å²) in [5.74, 6) is -0.723. The molecule has 1 amide bonds. The van der Waals surface area contributed by atoms with E-state index in [1.807, 2.05) is 18.2 Å². The molecule has 0 spiro atoms. The third-order valence-electron chi connectivity index (χ3n) is 3.94. The number of fused-ring (bicyclic) bond motifs is 1. The van der Waals surface area contributed by atoms with E-state index in [4.69, 9.17) is 5.73 Å². The molecule has 21 heavy (non-hydrogen) atoms. The maximum atomic E-state index is 13.9. The number of carbonyl (C=O) groups excluding carboxylic acids is 1. The quantitative estimate of drug-likeness (QED) is 0.818. The molecule has 2 N–H and O–H groups in total. The van der Waals surface area contributed by atoms with E-state index in [2.05, 4.69) is 0 Å². The molecule has 3 nitrogen and oxygen atoms in total. The van der Waals surface area contributed by atoms with Crippen LogP contribution in [-0.2, 0) is 13.0 Å². The Morgan fingerprint density at radius 1 is 1.29 bits per heavy atom. The zero-order chi connectivity index (χ0) is 15.0. The molecule has 0 radical (unpaired) electrons. The van der Waals surface area contributed by atoms with Gasteiger partial charge in [-0.05, 0) is 48.2 Å². The topological polar surface area (TPSA) is 46.3 Å². The summed E-state index contributed by atoms with van der Waals surface area (Å²) < 4.78 is 13.9. The van der Waals surface area contributed by atoms with Crippen LogP contribution < -0.4 is 5.73 Å². The van der Waals surface area contributed by atoms with Crippen molar-refractivity contribution in [2.75, 3.05) is 12.3 Å². The lowest BCUT2D eigenvalue weighted by Gasteiger charge is -2.29. The van der Waals surface area contributed by atoms with Gasteiger partial charge in [-0.1, -0.05) is 18.2 Å². The van der Waals surface area contributed by atoms with E-state index in [1.54, 1.807) is 24.0 Å². The number of nitrogens with zero attached hydrogens (tertiary/aromatic N) is 1. The van der Waals surface area contributed by atoms with Gasteiger partial charge in [0.15, 0.2) is 0 Å². The molecule has 0 aliphatic carbocycles. The molecule has 1 aliphatic rings. The minimum Gasteiger partial charge on any atom is -0.398 e. The monoisotopic (exact) mass is 284 g/mol. The van der Waals surface area contributed by atoms with E-state index in [0.29, 0.717) is 19.5 Å². The highest BCUT2D eigenvalue weighted by Crippen LogP contribution is 2.25. The van der Waals surface area contributed by atoms with Gasteiger partial charge >= 0.3 is 0 Å². The van der Waals surface area contributed by atoms with Crippen LogP contribution in [0.15, 0.2) is 36.4 Å². The number of nitrogens with two attached hydrogens (primary N) is 1. The summed E-state index contributed by atoms with van der Waals surface area (Å²) in [5, 5.41) is 0. The molecule has 4 heteroatoms. The summed E-state index contributed by atoms with van der Waals surface area (Å²) in [7, 11) is 0. The molecule has 108 valence electrons. The highest BCUT2D eigenvalue weighted by Gasteiger charge is 2.24. The molecule has 0 atom stereocenters. The fraction of sp³-hybridized carbons (Fsp3) is 0.235. The van der Waals surface area contributed by atoms with E-state index < -0.39 is 5.82 Å². The smallest absolute Gasteiger partial charge is 0.257 e. The molecule has 2 aromatic carbocycles. The third kappa shape index (κ3) is 2.49. The Morgan fingerprint density at radius 2 is 2.10 bits per heavy atom. The number of hydrogen-bond acceptors (Lipinski definition) is 2. The van der Waals surface area contributed by atoms with Crippen LogP contribution in [0.2, 0.25) is 0 Å². The molecular weight excluding hydrogens is 267 g/mol. The normalized spacial score (nSPS) is 13.9. The minimum absolute atomic E-state index is 0.132. The van der Waals surface area contributed by atoms with Gasteiger partial charge in [0, 0.05) is 18.8 Å². The number of hydrogen-bond donors (Lipinski definition) is 1. The van der Waals surface area contributed by atoms with Crippen molar-refractivity contribution in [2.45, 2.75) is 19.9 Å². The van der Waals surface area contributed by atoms with Crippen LogP contribution >= 0.6 is 0 Å². The van der Waals surface area contributed by atoms with Gasteiger partial charge in [0.1, 0.15) is 5.82 Å². The maximum Gasteiger partial charge on any atom is 0.257 e. The van der Waals surface area contributed by atoms with Crippen molar-refractivity contribution in [2.24, 2.45) is 0 Å². The van der Waals surface area contributed by atoms with Crippen molar-refractivity contribution in [3.63, 3.8) is 0 Å². The maximum absolute atomic E-state index is 13.9. The molecule has 0 fully saturated rings. The van der Waals surface area contributed by atoms with Crippen LogP contribution in [0, 0.1) is 12.7 Å². The fourth-order valence-electron chi connectivity index (χ4n) is 2.78. The molecule has 0 unspecified atom stereocenters. The number of rotatable bonds is 1. The second-order valence-electron chi connectivity index (χ2n) is 5.44. The first-order chi connectivity index (χ1) is 10.1. The molecule has 3 rings (SSSR count). The predicted molar refractivity (Wildman–Crippen MR) is 80.4 cm³/mol. The first kappa shape index (κ1) is 13.6. The number of halogens is 1. The molecule has 0 aromatic heterocycles. The predicted octanol–water partition coefficient (Wildman–Crippen LogP) is 2.91. The highest BCUT2D eigenvalue weighted by molar-refractivity contribution is 5.94. The second-order valence-corrected chi connectivity index (χ2v) is 5.44. The van der Waals surface area contributed by atoms with Gasteiger partial charge in [0.25, 0.3) is 5.91 Å². The Hall–Kier alpha value is -2.36. The van der Waals surface area contributed by atoms with E-state index in [9.17, 15) is 9.18 Å². The fourth-order valence-corrected chi connectivity index (χ4v) is 2.78. The van der Waals surface area contributed by atoms with Gasteiger partial charge in [-0.15, -0.1) is 0 Å². The number of benzene rings is 2. The van der Waals surface area contributed by atoms with E-state index in [0.717, 1.165) is 22.4 Å². The van der Waals surface area contributed by atoms with E-state index in [-0.39, 0.29) is 11.5 Å². The van der Waals surface area contributed by atoms with E-state index in [1.165, 1.54) is 6.07 Å². The van der Waals surface area contributed by atoms with Gasteiger partial charge in [0.05, 0.1) is 5.56 Å². The summed E-state index contributed by atoms with van der Waals surface area (Å²) in [5.41, 5.74) is 9.80. The molecule has 1 heterocycles. The van der Waals surface area contributed by atoms with Gasteiger partial charge in [-0.2, -0.15) is 0 Å². The van der Waals surface area contributed by atoms with Crippen LogP contribution in [-0.4, -0.2) is 17.4 Å². The summed E-state index contributed by atoms with van der Waals surface area (Å²) in [6, 6.07) is 10.4. The summed E-state index contributed by atoms with van der Waals surface area (Å²) in [4.78, 5) is 14.2. The number of nitrogen functional groups attached to an aromatic ring is 1. The number of anilines is 1. The van der Waals surface area contributed by atoms with Crippen molar-refractivity contribution >= 4 is 11.6 Å². The first-order valence-corrected chi connectivity index (χ1v) is 6.98. The van der Waals surface area contributed by atoms with Crippen molar-refractivity contribution in [3.8, 4) is 0 Å². The standard InChI is InChI=1S/C17H17FN2O/c1-11-5-6-14(15(18)9-11)17(21)20-8-7-13-12(10-20)3-2-4-16(13)19/h2-6,9H,7-8,10,19H2,1H3. The largest absolute Gasteiger partial charge is 0.398 e. The van der Waals surface area contributed by atoms with Crippen molar-refractivity contribution in [3.05, 3.63) is 64.5 Å². The number of carbonyl (C=O) groups is 1. The molecule has 0 bridgehead atoms. The molecule has 1 aliphatic heterocycles. The van der Waals surface area contributed by atoms with Crippen LogP contribution in [0.3, 0.4) is 0 Å². The average Bonchev–Trinajstić information content (AvgIpc) is 2.46. The molecule has 2 aromatic rings. The third-order valence-corrected chi connectivity index (χ3v) is 3.94. The van der Waals surface area contributed by atoms with Crippen molar-refractivity contribution in [1.29, 1.82) is 0 Å². The Labute approximate surface area is 123 Å². The van der Waals surface area contributed by atoms with Gasteiger partial charge < -0.3 is 10.6 Å². The summed E-state index contributed by atoms with van der Waals surface area (Å²) >= 11 is 0. The Kier molecular flexibility index (Phi) is 3.37. The lowest BCUT2D eigenvalue weighted by molar-refractivity contribution is 0.0730. The second kappa shape index (κ2) is 5.20. The van der Waals surface area contributed by atoms with Gasteiger partial charge in [-0.3, -0.25) is 4.79 Å². The molecular formula is C17H17FN2O. The van der Waals surface area contributed by atoms with Gasteiger partial charge in [0.2, 0.25) is 0 Å². The van der Waals surface area contributed by atoms with Crippen LogP contribution in [0.25, 0.3) is 0 Å². The Balaban J connectivity index is 1.87. The SMILES string of the molecule is Cc1ccc(C(=O)N2CCc3c(N)cccc3C2)c(F)c1. The summed E-state index contributed by atoms with van der Waals surface area (Å²) in [6.45, 7) is 2.84. The van der Waals surface area contributed by atoms with Crippen LogP contribution in [0.4, 0.5) is 10.1 Å². The minimum atomic E-state index is -0.460. The average molecular weight is 284 g/mol. The van der Waals surface area contributed by atoms with Crippen LogP contribution in [0.1, 0.15) is 27.0 Å². The van der Waals surface area contributed by atoms with Crippen LogP contribution in [0.5, 0.6) is 0 Å². The highest BCUT2D eigenvalue weighted by atomic mass is 19.1. The van der Waals surface area contributed by atoms with Gasteiger partial charge in [-0.25, -0.2) is 4.39 Å².